The van der Waals surface area contributed by atoms with E-state index >= 15 is 0 Å². The van der Waals surface area contributed by atoms with Gasteiger partial charge >= 0.3 is 6.09 Å². The van der Waals surface area contributed by atoms with Gasteiger partial charge in [0.25, 0.3) is 5.91 Å². The standard InChI is InChI=1S/C14H17NO5/c1-13(2,3)20-12(18)15-10-7-5-4-6-9(10)14(19,8-16)11(15)17/h4-7,16,19H,8H2,1-3H3. The molecule has 108 valence electrons. The zero-order valence-corrected chi connectivity index (χ0v) is 11.6. The summed E-state index contributed by atoms with van der Waals surface area (Å²) in [6, 6.07) is 6.26. The van der Waals surface area contributed by atoms with Crippen molar-refractivity contribution in [3.05, 3.63) is 29.8 Å². The summed E-state index contributed by atoms with van der Waals surface area (Å²) in [4.78, 5) is 25.1. The summed E-state index contributed by atoms with van der Waals surface area (Å²) in [6.07, 6.45) is -0.876. The number of carbonyl (C=O) groups excluding carboxylic acids is 2. The molecular formula is C14H17NO5. The molecule has 1 aliphatic rings. The van der Waals surface area contributed by atoms with Gasteiger partial charge in [-0.1, -0.05) is 18.2 Å². The third-order valence-corrected chi connectivity index (χ3v) is 2.95. The second kappa shape index (κ2) is 4.57. The fourth-order valence-electron chi connectivity index (χ4n) is 2.07. The van der Waals surface area contributed by atoms with Gasteiger partial charge in [-0.2, -0.15) is 0 Å². The van der Waals surface area contributed by atoms with Crippen LogP contribution in [0.5, 0.6) is 0 Å². The quantitative estimate of drug-likeness (QED) is 0.805. The molecule has 0 aliphatic carbocycles. The van der Waals surface area contributed by atoms with E-state index in [4.69, 9.17) is 4.74 Å². The fraction of sp³-hybridized carbons (Fsp3) is 0.429. The molecule has 0 spiro atoms. The van der Waals surface area contributed by atoms with Gasteiger partial charge in [0, 0.05) is 5.56 Å². The van der Waals surface area contributed by atoms with Crippen molar-refractivity contribution in [1.82, 2.24) is 0 Å². The molecule has 2 rings (SSSR count). The van der Waals surface area contributed by atoms with E-state index in [1.54, 1.807) is 32.9 Å². The van der Waals surface area contributed by atoms with Crippen LogP contribution in [-0.4, -0.2) is 34.4 Å². The van der Waals surface area contributed by atoms with E-state index in [1.165, 1.54) is 12.1 Å². The molecule has 0 aromatic heterocycles. The van der Waals surface area contributed by atoms with E-state index in [2.05, 4.69) is 0 Å². The van der Waals surface area contributed by atoms with Crippen LogP contribution >= 0.6 is 0 Å². The number of rotatable bonds is 1. The lowest BCUT2D eigenvalue weighted by atomic mass is 9.97. The number of hydrogen-bond donors (Lipinski definition) is 2. The van der Waals surface area contributed by atoms with Crippen molar-refractivity contribution >= 4 is 17.7 Å². The molecule has 0 bridgehead atoms. The molecule has 6 heteroatoms. The minimum atomic E-state index is -2.10. The molecule has 0 saturated carbocycles. The van der Waals surface area contributed by atoms with Gasteiger partial charge in [-0.05, 0) is 26.8 Å². The van der Waals surface area contributed by atoms with Crippen LogP contribution in [0.1, 0.15) is 26.3 Å². The van der Waals surface area contributed by atoms with Crippen molar-refractivity contribution in [3.8, 4) is 0 Å². The van der Waals surface area contributed by atoms with Gasteiger partial charge in [-0.25, -0.2) is 9.69 Å². The molecular weight excluding hydrogens is 262 g/mol. The molecule has 1 unspecified atom stereocenters. The fourth-order valence-corrected chi connectivity index (χ4v) is 2.07. The Morgan fingerprint density at radius 1 is 1.35 bits per heavy atom. The maximum Gasteiger partial charge on any atom is 0.421 e. The average molecular weight is 279 g/mol. The average Bonchev–Trinajstić information content (AvgIpc) is 2.58. The molecule has 0 radical (unpaired) electrons. The Hall–Kier alpha value is -1.92. The second-order valence-corrected chi connectivity index (χ2v) is 5.66. The summed E-state index contributed by atoms with van der Waals surface area (Å²) in [7, 11) is 0. The third-order valence-electron chi connectivity index (χ3n) is 2.95. The number of nitrogens with zero attached hydrogens (tertiary/aromatic N) is 1. The highest BCUT2D eigenvalue weighted by molar-refractivity contribution is 6.20. The van der Waals surface area contributed by atoms with Crippen LogP contribution in [0.4, 0.5) is 10.5 Å². The first-order valence-corrected chi connectivity index (χ1v) is 6.21. The van der Waals surface area contributed by atoms with Crippen LogP contribution in [0.15, 0.2) is 24.3 Å². The number of anilines is 1. The Balaban J connectivity index is 2.46. The molecule has 0 fully saturated rings. The zero-order valence-electron chi connectivity index (χ0n) is 11.6. The molecule has 2 amide bonds. The van der Waals surface area contributed by atoms with Crippen LogP contribution in [-0.2, 0) is 15.1 Å². The Morgan fingerprint density at radius 2 is 1.95 bits per heavy atom. The van der Waals surface area contributed by atoms with Gasteiger partial charge in [0.15, 0.2) is 5.60 Å². The van der Waals surface area contributed by atoms with Gasteiger partial charge in [-0.3, -0.25) is 4.79 Å². The number of amides is 2. The lowest BCUT2D eigenvalue weighted by Gasteiger charge is -2.24. The Morgan fingerprint density at radius 3 is 2.50 bits per heavy atom. The summed E-state index contributed by atoms with van der Waals surface area (Å²) >= 11 is 0. The number of fused-ring (bicyclic) bond motifs is 1. The summed E-state index contributed by atoms with van der Waals surface area (Å²) in [6.45, 7) is 4.23. The number of carbonyl (C=O) groups is 2. The van der Waals surface area contributed by atoms with Gasteiger partial charge in [0.1, 0.15) is 5.60 Å². The molecule has 1 aromatic rings. The van der Waals surface area contributed by atoms with Crippen LogP contribution < -0.4 is 4.90 Å². The smallest absolute Gasteiger partial charge is 0.421 e. The normalized spacial score (nSPS) is 21.9. The summed E-state index contributed by atoms with van der Waals surface area (Å²) < 4.78 is 5.16. The maximum absolute atomic E-state index is 12.3. The first kappa shape index (κ1) is 14.5. The van der Waals surface area contributed by atoms with Crippen molar-refractivity contribution in [3.63, 3.8) is 0 Å². The Kier molecular flexibility index (Phi) is 3.31. The van der Waals surface area contributed by atoms with Crippen molar-refractivity contribution in [2.75, 3.05) is 11.5 Å². The molecule has 1 aliphatic heterocycles. The SMILES string of the molecule is CC(C)(C)OC(=O)N1C(=O)C(O)(CO)c2ccccc21. The van der Waals surface area contributed by atoms with Crippen LogP contribution in [0.2, 0.25) is 0 Å². The molecule has 2 N–H and O–H groups in total. The largest absolute Gasteiger partial charge is 0.443 e. The topological polar surface area (TPSA) is 87.1 Å². The van der Waals surface area contributed by atoms with E-state index in [-0.39, 0.29) is 11.3 Å². The van der Waals surface area contributed by atoms with E-state index < -0.39 is 29.8 Å². The van der Waals surface area contributed by atoms with Crippen molar-refractivity contribution in [1.29, 1.82) is 0 Å². The minimum Gasteiger partial charge on any atom is -0.443 e. The summed E-state index contributed by atoms with van der Waals surface area (Å²) in [5, 5.41) is 19.6. The van der Waals surface area contributed by atoms with Crippen LogP contribution in [0.25, 0.3) is 0 Å². The first-order chi connectivity index (χ1) is 9.20. The Bertz CT molecular complexity index is 563. The van der Waals surface area contributed by atoms with E-state index in [0.717, 1.165) is 4.90 Å². The highest BCUT2D eigenvalue weighted by Gasteiger charge is 2.52. The number of para-hydroxylation sites is 1. The van der Waals surface area contributed by atoms with E-state index in [1.807, 2.05) is 0 Å². The summed E-state index contributed by atoms with van der Waals surface area (Å²) in [5.74, 6) is -0.907. The lowest BCUT2D eigenvalue weighted by Crippen LogP contribution is -2.47. The monoisotopic (exact) mass is 279 g/mol. The minimum absolute atomic E-state index is 0.193. The third kappa shape index (κ3) is 2.17. The number of benzene rings is 1. The summed E-state index contributed by atoms with van der Waals surface area (Å²) in [5.41, 5.74) is -2.46. The number of aliphatic hydroxyl groups is 2. The van der Waals surface area contributed by atoms with E-state index in [0.29, 0.717) is 0 Å². The molecule has 6 nitrogen and oxygen atoms in total. The predicted octanol–water partition coefficient (Wildman–Crippen LogP) is 1.15. The maximum atomic E-state index is 12.3. The zero-order chi connectivity index (χ0) is 15.1. The molecule has 20 heavy (non-hydrogen) atoms. The Labute approximate surface area is 116 Å². The highest BCUT2D eigenvalue weighted by Crippen LogP contribution is 2.40. The van der Waals surface area contributed by atoms with Crippen molar-refractivity contribution in [2.24, 2.45) is 0 Å². The van der Waals surface area contributed by atoms with E-state index in [9.17, 15) is 19.8 Å². The lowest BCUT2D eigenvalue weighted by molar-refractivity contribution is -0.139. The number of ether oxygens (including phenoxy) is 1. The van der Waals surface area contributed by atoms with Gasteiger partial charge in [-0.15, -0.1) is 0 Å². The van der Waals surface area contributed by atoms with Gasteiger partial charge < -0.3 is 14.9 Å². The molecule has 1 atom stereocenters. The predicted molar refractivity (Wildman–Crippen MR) is 71.1 cm³/mol. The molecule has 1 aromatic carbocycles. The van der Waals surface area contributed by atoms with Crippen molar-refractivity contribution in [2.45, 2.75) is 32.0 Å². The number of hydrogen-bond acceptors (Lipinski definition) is 5. The number of imide groups is 1. The van der Waals surface area contributed by atoms with Gasteiger partial charge in [0.2, 0.25) is 0 Å². The van der Waals surface area contributed by atoms with Crippen LogP contribution in [0, 0.1) is 0 Å². The molecule has 1 heterocycles. The second-order valence-electron chi connectivity index (χ2n) is 5.66. The van der Waals surface area contributed by atoms with Crippen molar-refractivity contribution < 1.29 is 24.5 Å². The van der Waals surface area contributed by atoms with Gasteiger partial charge in [0.05, 0.1) is 12.3 Å². The highest BCUT2D eigenvalue weighted by atomic mass is 16.6. The van der Waals surface area contributed by atoms with Crippen LogP contribution in [0.3, 0.4) is 0 Å². The molecule has 0 saturated heterocycles. The first-order valence-electron chi connectivity index (χ1n) is 6.21. The number of aliphatic hydroxyl groups excluding tert-OH is 1.